The number of carbonyl (C=O) groups excluding carboxylic acids is 1. The maximum atomic E-state index is 10.3. The monoisotopic (exact) mass is 203 g/mol. The van der Waals surface area contributed by atoms with E-state index < -0.39 is 6.03 Å². The summed E-state index contributed by atoms with van der Waals surface area (Å²) in [7, 11) is 0. The number of rotatable bonds is 1. The quantitative estimate of drug-likeness (QED) is 0.653. The normalized spacial score (nSPS) is 8.53. The minimum atomic E-state index is -0.536. The fourth-order valence-electron chi connectivity index (χ4n) is 0.942. The molecule has 0 fully saturated rings. The molecule has 0 aliphatic rings. The number of amides is 2. The van der Waals surface area contributed by atoms with Crippen LogP contribution in [-0.2, 0) is 0 Å². The summed E-state index contributed by atoms with van der Waals surface area (Å²) in [5.41, 5.74) is 5.59. The van der Waals surface area contributed by atoms with Crippen molar-refractivity contribution in [2.75, 3.05) is 5.32 Å². The summed E-state index contributed by atoms with van der Waals surface area (Å²) in [4.78, 5) is 13.1. The van der Waals surface area contributed by atoms with Crippen LogP contribution in [0.4, 0.5) is 10.5 Å². The Kier molecular flexibility index (Phi) is 4.53. The van der Waals surface area contributed by atoms with Crippen LogP contribution < -0.4 is 11.1 Å². The highest BCUT2D eigenvalue weighted by Gasteiger charge is 1.90. The van der Waals surface area contributed by atoms with Gasteiger partial charge in [-0.05, 0) is 24.3 Å². The fraction of sp³-hybridized carbons (Fsp3) is 0. The SMILES string of the molecule is NC(=O)Nc1ccccc1.c1cc[nH]c1. The van der Waals surface area contributed by atoms with E-state index in [0.717, 1.165) is 5.69 Å². The minimum absolute atomic E-state index is 0.536. The number of carbonyl (C=O) groups is 1. The Balaban J connectivity index is 0.000000187. The molecule has 4 heteroatoms. The molecule has 4 N–H and O–H groups in total. The van der Waals surface area contributed by atoms with E-state index in [1.54, 1.807) is 12.1 Å². The maximum Gasteiger partial charge on any atom is 0.316 e. The molecular weight excluding hydrogens is 190 g/mol. The van der Waals surface area contributed by atoms with Crippen molar-refractivity contribution in [1.82, 2.24) is 4.98 Å². The van der Waals surface area contributed by atoms with Gasteiger partial charge in [0.15, 0.2) is 0 Å². The van der Waals surface area contributed by atoms with Crippen LogP contribution in [0.1, 0.15) is 0 Å². The highest BCUT2D eigenvalue weighted by atomic mass is 16.2. The summed E-state index contributed by atoms with van der Waals surface area (Å²) in [5.74, 6) is 0. The van der Waals surface area contributed by atoms with Crippen molar-refractivity contribution in [3.8, 4) is 0 Å². The van der Waals surface area contributed by atoms with Crippen LogP contribution in [0.2, 0.25) is 0 Å². The second-order valence-corrected chi connectivity index (χ2v) is 2.74. The van der Waals surface area contributed by atoms with Gasteiger partial charge in [0.25, 0.3) is 0 Å². The maximum absolute atomic E-state index is 10.3. The number of hydrogen-bond acceptors (Lipinski definition) is 1. The Morgan fingerprint density at radius 1 is 1.07 bits per heavy atom. The second-order valence-electron chi connectivity index (χ2n) is 2.74. The van der Waals surface area contributed by atoms with Crippen molar-refractivity contribution in [1.29, 1.82) is 0 Å². The van der Waals surface area contributed by atoms with Gasteiger partial charge in [0.05, 0.1) is 0 Å². The van der Waals surface area contributed by atoms with Crippen molar-refractivity contribution in [2.24, 2.45) is 5.73 Å². The molecule has 2 amide bonds. The molecule has 0 unspecified atom stereocenters. The summed E-state index contributed by atoms with van der Waals surface area (Å²) < 4.78 is 0. The Bertz CT molecular complexity index is 353. The lowest BCUT2D eigenvalue weighted by Crippen LogP contribution is -2.18. The first-order valence-corrected chi connectivity index (χ1v) is 4.48. The average molecular weight is 203 g/mol. The molecule has 2 rings (SSSR count). The summed E-state index contributed by atoms with van der Waals surface area (Å²) in [6, 6.07) is 12.4. The van der Waals surface area contributed by atoms with Gasteiger partial charge in [-0.15, -0.1) is 0 Å². The molecule has 4 nitrogen and oxygen atoms in total. The van der Waals surface area contributed by atoms with E-state index in [-0.39, 0.29) is 0 Å². The molecule has 0 saturated carbocycles. The molecule has 0 radical (unpaired) electrons. The predicted molar refractivity (Wildman–Crippen MR) is 60.4 cm³/mol. The van der Waals surface area contributed by atoms with Crippen LogP contribution in [0.5, 0.6) is 0 Å². The topological polar surface area (TPSA) is 70.9 Å². The smallest absolute Gasteiger partial charge is 0.316 e. The first-order valence-electron chi connectivity index (χ1n) is 4.48. The molecule has 15 heavy (non-hydrogen) atoms. The van der Waals surface area contributed by atoms with Crippen LogP contribution in [0, 0.1) is 0 Å². The number of benzene rings is 1. The Morgan fingerprint density at radius 3 is 2.07 bits per heavy atom. The van der Waals surface area contributed by atoms with Gasteiger partial charge >= 0.3 is 6.03 Å². The molecule has 0 saturated heterocycles. The Hall–Kier alpha value is -2.23. The number of anilines is 1. The Morgan fingerprint density at radius 2 is 1.67 bits per heavy atom. The molecule has 0 atom stereocenters. The molecule has 0 aliphatic carbocycles. The number of primary amides is 1. The van der Waals surface area contributed by atoms with Crippen molar-refractivity contribution in [3.05, 3.63) is 54.9 Å². The fourth-order valence-corrected chi connectivity index (χ4v) is 0.942. The van der Waals surface area contributed by atoms with Gasteiger partial charge in [0.2, 0.25) is 0 Å². The summed E-state index contributed by atoms with van der Waals surface area (Å²) in [6.07, 6.45) is 3.75. The average Bonchev–Trinajstić information content (AvgIpc) is 2.76. The first kappa shape index (κ1) is 10.8. The summed E-state index contributed by atoms with van der Waals surface area (Å²) in [5, 5.41) is 2.44. The number of hydrogen-bond donors (Lipinski definition) is 3. The number of nitrogens with two attached hydrogens (primary N) is 1. The molecule has 1 heterocycles. The second kappa shape index (κ2) is 6.26. The molecular formula is C11H13N3O. The predicted octanol–water partition coefficient (Wildman–Crippen LogP) is 2.19. The lowest BCUT2D eigenvalue weighted by atomic mass is 10.3. The van der Waals surface area contributed by atoms with Gasteiger partial charge in [0, 0.05) is 18.1 Å². The lowest BCUT2D eigenvalue weighted by Gasteiger charge is -1.97. The van der Waals surface area contributed by atoms with Gasteiger partial charge in [-0.25, -0.2) is 4.79 Å². The largest absolute Gasteiger partial charge is 0.368 e. The zero-order valence-corrected chi connectivity index (χ0v) is 8.18. The van der Waals surface area contributed by atoms with Gasteiger partial charge in [-0.2, -0.15) is 0 Å². The first-order chi connectivity index (χ1) is 7.29. The summed E-state index contributed by atoms with van der Waals surface area (Å²) >= 11 is 0. The highest BCUT2D eigenvalue weighted by Crippen LogP contribution is 2.03. The van der Waals surface area contributed by atoms with E-state index in [1.807, 2.05) is 42.7 Å². The molecule has 0 spiro atoms. The molecule has 1 aromatic heterocycles. The number of para-hydroxylation sites is 1. The zero-order chi connectivity index (χ0) is 10.9. The third-order valence-corrected chi connectivity index (χ3v) is 1.54. The third-order valence-electron chi connectivity index (χ3n) is 1.54. The van der Waals surface area contributed by atoms with Gasteiger partial charge in [-0.3, -0.25) is 0 Å². The van der Waals surface area contributed by atoms with E-state index in [9.17, 15) is 4.79 Å². The zero-order valence-electron chi connectivity index (χ0n) is 8.18. The van der Waals surface area contributed by atoms with Crippen LogP contribution in [0.25, 0.3) is 0 Å². The number of aromatic amines is 1. The van der Waals surface area contributed by atoms with Crippen LogP contribution in [0.15, 0.2) is 54.9 Å². The van der Waals surface area contributed by atoms with Crippen LogP contribution in [0.3, 0.4) is 0 Å². The molecule has 0 bridgehead atoms. The lowest BCUT2D eigenvalue weighted by molar-refractivity contribution is 0.259. The van der Waals surface area contributed by atoms with Crippen molar-refractivity contribution in [2.45, 2.75) is 0 Å². The minimum Gasteiger partial charge on any atom is -0.368 e. The van der Waals surface area contributed by atoms with Gasteiger partial charge in [-0.1, -0.05) is 18.2 Å². The van der Waals surface area contributed by atoms with Crippen LogP contribution in [-0.4, -0.2) is 11.0 Å². The van der Waals surface area contributed by atoms with Gasteiger partial charge in [0.1, 0.15) is 0 Å². The molecule has 1 aromatic carbocycles. The molecule has 2 aromatic rings. The van der Waals surface area contributed by atoms with E-state index in [2.05, 4.69) is 10.3 Å². The van der Waals surface area contributed by atoms with Crippen molar-refractivity contribution >= 4 is 11.7 Å². The van der Waals surface area contributed by atoms with Gasteiger partial charge < -0.3 is 16.0 Å². The summed E-state index contributed by atoms with van der Waals surface area (Å²) in [6.45, 7) is 0. The van der Waals surface area contributed by atoms with E-state index in [1.165, 1.54) is 0 Å². The third kappa shape index (κ3) is 5.15. The number of aromatic nitrogens is 1. The highest BCUT2D eigenvalue weighted by molar-refractivity contribution is 5.87. The van der Waals surface area contributed by atoms with E-state index in [4.69, 9.17) is 5.73 Å². The number of H-pyrrole nitrogens is 1. The Labute approximate surface area is 88.1 Å². The van der Waals surface area contributed by atoms with Crippen LogP contribution >= 0.6 is 0 Å². The number of nitrogens with one attached hydrogen (secondary N) is 2. The number of urea groups is 1. The van der Waals surface area contributed by atoms with E-state index in [0.29, 0.717) is 0 Å². The molecule has 0 aliphatic heterocycles. The van der Waals surface area contributed by atoms with Crippen molar-refractivity contribution < 1.29 is 4.79 Å². The standard InChI is InChI=1S/C7H8N2O.C4H5N/c8-7(10)9-6-4-2-1-3-5-6;1-2-4-5-3-1/h1-5H,(H3,8,9,10);1-5H. The molecule has 78 valence electrons. The van der Waals surface area contributed by atoms with E-state index >= 15 is 0 Å². The van der Waals surface area contributed by atoms with Crippen molar-refractivity contribution in [3.63, 3.8) is 0 Å².